The Kier molecular flexibility index (Phi) is 14.5. The fourth-order valence-corrected chi connectivity index (χ4v) is 5.64. The molecule has 0 aliphatic carbocycles. The summed E-state index contributed by atoms with van der Waals surface area (Å²) >= 11 is 0. The summed E-state index contributed by atoms with van der Waals surface area (Å²) in [6, 6.07) is 53.6. The molecule has 0 spiro atoms. The quantitative estimate of drug-likeness (QED) is 0.125. The molecule has 43 heavy (non-hydrogen) atoms. The second kappa shape index (κ2) is 17.5. The van der Waals surface area contributed by atoms with Crippen molar-refractivity contribution in [1.82, 2.24) is 0 Å². The Morgan fingerprint density at radius 3 is 1.19 bits per heavy atom. The number of aryl methyl sites for hydroxylation is 2. The van der Waals surface area contributed by atoms with Gasteiger partial charge in [-0.1, -0.05) is 140 Å². The van der Waals surface area contributed by atoms with E-state index < -0.39 is 0 Å². The Morgan fingerprint density at radius 2 is 0.837 bits per heavy atom. The zero-order chi connectivity index (χ0) is 27.7. The maximum absolute atomic E-state index is 2.26. The minimum Gasteiger partial charge on any atom is -0.358 e. The van der Waals surface area contributed by atoms with Gasteiger partial charge in [-0.05, 0) is 11.1 Å². The fourth-order valence-electron chi connectivity index (χ4n) is 5.11. The maximum atomic E-state index is 2.26. The van der Waals surface area contributed by atoms with Gasteiger partial charge in [0.15, 0.2) is 0 Å². The average molecular weight is 739 g/mol. The number of rotatable bonds is 3. The molecule has 0 heterocycles. The normalized spacial score (nSPS) is 9.74. The van der Waals surface area contributed by atoms with E-state index in [1.165, 1.54) is 60.1 Å². The Balaban J connectivity index is 0.000000229. The van der Waals surface area contributed by atoms with Crippen LogP contribution in [0.4, 0.5) is 0 Å². The third-order valence-electron chi connectivity index (χ3n) is 7.02. The number of hydrogen-bond acceptors (Lipinski definition) is 0. The monoisotopic (exact) mass is 740 g/mol. The van der Waals surface area contributed by atoms with Crippen molar-refractivity contribution < 1.29 is 25.8 Å². The molecule has 0 fully saturated rings. The van der Waals surface area contributed by atoms with Crippen molar-refractivity contribution in [2.24, 2.45) is 0 Å². The fraction of sp³-hybridized carbons (Fsp3) is 0.0732. The van der Waals surface area contributed by atoms with Crippen molar-refractivity contribution in [2.45, 2.75) is 20.4 Å². The molecule has 0 aliphatic rings. The van der Waals surface area contributed by atoms with Crippen LogP contribution in [0, 0.1) is 28.7 Å². The number of fused-ring (bicyclic) bond motifs is 2. The van der Waals surface area contributed by atoms with Gasteiger partial charge in [-0.25, -0.2) is 0 Å². The van der Waals surface area contributed by atoms with Gasteiger partial charge < -0.3 is 14.9 Å². The topological polar surface area (TPSA) is 0 Å². The van der Waals surface area contributed by atoms with E-state index in [2.05, 4.69) is 166 Å². The molecule has 212 valence electrons. The second-order valence-electron chi connectivity index (χ2n) is 10.0. The Hall–Kier alpha value is -3.59. The van der Waals surface area contributed by atoms with E-state index in [0.717, 1.165) is 9.52 Å². The van der Waals surface area contributed by atoms with Crippen molar-refractivity contribution in [1.29, 1.82) is 0 Å². The van der Waals surface area contributed by atoms with Gasteiger partial charge in [-0.15, -0.1) is 69.1 Å². The first-order valence-electron chi connectivity index (χ1n) is 13.8. The van der Waals surface area contributed by atoms with Crippen LogP contribution in [0.25, 0.3) is 43.8 Å². The van der Waals surface area contributed by atoms with Gasteiger partial charge in [0.05, 0.1) is 9.52 Å². The van der Waals surface area contributed by atoms with Crippen LogP contribution in [-0.4, -0.2) is 9.52 Å². The van der Waals surface area contributed by atoms with E-state index in [0.29, 0.717) is 0 Å². The summed E-state index contributed by atoms with van der Waals surface area (Å²) in [4.78, 5) is 0. The third kappa shape index (κ3) is 9.20. The van der Waals surface area contributed by atoms with Crippen molar-refractivity contribution in [2.75, 3.05) is 0 Å². The molecule has 0 atom stereocenters. The van der Waals surface area contributed by atoms with E-state index in [4.69, 9.17) is 0 Å². The summed E-state index contributed by atoms with van der Waals surface area (Å²) in [5.74, 6) is 0. The average Bonchev–Trinajstić information content (AvgIpc) is 3.59. The molecule has 0 saturated heterocycles. The van der Waals surface area contributed by atoms with Crippen molar-refractivity contribution in [3.8, 4) is 22.3 Å². The summed E-state index contributed by atoms with van der Waals surface area (Å²) in [7, 11) is 0.930. The zero-order valence-electron chi connectivity index (χ0n) is 25.9. The van der Waals surface area contributed by atoms with Gasteiger partial charge in [0.25, 0.3) is 0 Å². The van der Waals surface area contributed by atoms with Crippen LogP contribution in [0.5, 0.6) is 0 Å². The van der Waals surface area contributed by atoms with Crippen molar-refractivity contribution >= 4 is 36.3 Å². The van der Waals surface area contributed by atoms with Gasteiger partial charge in [-0.2, -0.15) is 12.1 Å². The first-order valence-corrected chi connectivity index (χ1v) is 15.3. The van der Waals surface area contributed by atoms with Crippen molar-refractivity contribution in [3.63, 3.8) is 0 Å². The molecule has 0 nitrogen and oxygen atoms in total. The summed E-state index contributed by atoms with van der Waals surface area (Å²) in [5, 5.41) is 6.81. The summed E-state index contributed by atoms with van der Waals surface area (Å²) < 4.78 is 0. The molecule has 0 saturated carbocycles. The van der Waals surface area contributed by atoms with Gasteiger partial charge in [-0.3, -0.25) is 0 Å². The minimum atomic E-state index is 0. The maximum Gasteiger partial charge on any atom is 4.00 e. The van der Waals surface area contributed by atoms with Gasteiger partial charge >= 0.3 is 25.8 Å². The molecular weight excluding hydrogens is 699 g/mol. The van der Waals surface area contributed by atoms with Crippen LogP contribution in [0.1, 0.15) is 11.1 Å². The molecule has 7 aromatic rings. The molecule has 7 aromatic carbocycles. The Bertz CT molecular complexity index is 1660. The zero-order valence-corrected chi connectivity index (χ0v) is 30.5. The molecule has 7 rings (SSSR count). The summed E-state index contributed by atoms with van der Waals surface area (Å²) in [5.41, 5.74) is 7.89. The van der Waals surface area contributed by atoms with Crippen LogP contribution in [-0.2, 0) is 25.8 Å². The van der Waals surface area contributed by atoms with Crippen LogP contribution in [0.2, 0.25) is 6.55 Å². The standard InChI is InChI=1S/2C16H13.C7H8Si.2CH3.Hf/c2*1-12-10-14-8-5-9-15(16(14)11-12)13-6-3-2-4-7-13;1-8-7-5-3-2-4-6-7;;;/h2*2-11H,1H3;2-6H,1H3;2*1H3;/q2*-1;;2*-1;+4. The predicted octanol–water partition coefficient (Wildman–Crippen LogP) is 11.0. The molecule has 0 aliphatic heterocycles. The second-order valence-corrected chi connectivity index (χ2v) is 11.1. The van der Waals surface area contributed by atoms with Crippen molar-refractivity contribution in [3.05, 3.63) is 178 Å². The minimum absolute atomic E-state index is 0. The third-order valence-corrected chi connectivity index (χ3v) is 7.93. The van der Waals surface area contributed by atoms with Crippen LogP contribution >= 0.6 is 0 Å². The van der Waals surface area contributed by atoms with Crippen LogP contribution in [0.3, 0.4) is 0 Å². The van der Waals surface area contributed by atoms with E-state index in [1.54, 1.807) is 0 Å². The van der Waals surface area contributed by atoms with Gasteiger partial charge in [0, 0.05) is 0 Å². The largest absolute Gasteiger partial charge is 4.00 e. The van der Waals surface area contributed by atoms with E-state index >= 15 is 0 Å². The Morgan fingerprint density at radius 1 is 0.465 bits per heavy atom. The van der Waals surface area contributed by atoms with E-state index in [1.807, 2.05) is 6.07 Å². The summed E-state index contributed by atoms with van der Waals surface area (Å²) in [6.07, 6.45) is 0. The molecular formula is C41H40HfSi. The number of benzene rings is 5. The van der Waals surface area contributed by atoms with Gasteiger partial charge in [0.1, 0.15) is 0 Å². The smallest absolute Gasteiger partial charge is 0.358 e. The molecule has 0 N–H and O–H groups in total. The summed E-state index contributed by atoms with van der Waals surface area (Å²) in [6.45, 7) is 6.49. The van der Waals surface area contributed by atoms with Crippen LogP contribution < -0.4 is 5.19 Å². The van der Waals surface area contributed by atoms with Gasteiger partial charge in [0.2, 0.25) is 0 Å². The molecule has 0 aromatic heterocycles. The predicted molar refractivity (Wildman–Crippen MR) is 190 cm³/mol. The molecule has 2 heteroatoms. The SMILES string of the molecule is C[Si]c1ccccc1.Cc1cc2c(-c3ccccc3)cccc2[cH-]1.Cc1cc2c(-c3ccccc3)cccc2[cH-]1.[CH3-].[CH3-].[Hf+4]. The molecule has 2 radical (unpaired) electrons. The first kappa shape index (κ1) is 35.6. The van der Waals surface area contributed by atoms with Crippen LogP contribution in [0.15, 0.2) is 152 Å². The van der Waals surface area contributed by atoms with E-state index in [-0.39, 0.29) is 40.7 Å². The molecule has 0 amide bonds. The Labute approximate surface area is 280 Å². The first-order chi connectivity index (χ1) is 19.6. The molecule has 0 bridgehead atoms. The number of hydrogen-bond donors (Lipinski definition) is 0. The van der Waals surface area contributed by atoms with E-state index in [9.17, 15) is 0 Å². The molecule has 0 unspecified atom stereocenters.